The molecule has 136 valence electrons. The van der Waals surface area contributed by atoms with Crippen molar-refractivity contribution >= 4 is 12.0 Å². The summed E-state index contributed by atoms with van der Waals surface area (Å²) in [6.07, 6.45) is 23.7. The second kappa shape index (κ2) is 14.0. The molecule has 0 atom stereocenters. The Kier molecular flexibility index (Phi) is 11.6. The van der Waals surface area contributed by atoms with Gasteiger partial charge in [-0.2, -0.15) is 0 Å². The van der Waals surface area contributed by atoms with Gasteiger partial charge in [-0.15, -0.1) is 0 Å². The lowest BCUT2D eigenvalue weighted by atomic mass is 10.2. The van der Waals surface area contributed by atoms with Crippen LogP contribution in [0.25, 0.3) is 6.08 Å². The van der Waals surface area contributed by atoms with Gasteiger partial charge >= 0.3 is 5.97 Å². The van der Waals surface area contributed by atoms with Crippen LogP contribution in [0, 0.1) is 0 Å². The zero-order valence-electron chi connectivity index (χ0n) is 15.3. The van der Waals surface area contributed by atoms with Gasteiger partial charge in [-0.3, -0.25) is 4.79 Å². The minimum atomic E-state index is -0.327. The van der Waals surface area contributed by atoms with Crippen molar-refractivity contribution in [1.29, 1.82) is 0 Å². The zero-order chi connectivity index (χ0) is 18.2. The predicted octanol–water partition coefficient (Wildman–Crippen LogP) is 5.43. The van der Waals surface area contributed by atoms with E-state index in [1.807, 2.05) is 18.2 Å². The highest BCUT2D eigenvalue weighted by molar-refractivity contribution is 5.71. The van der Waals surface area contributed by atoms with E-state index in [0.717, 1.165) is 12.8 Å². The maximum Gasteiger partial charge on any atom is 0.311 e. The van der Waals surface area contributed by atoms with Crippen molar-refractivity contribution in [2.45, 2.75) is 51.9 Å². The number of esters is 1. The number of ether oxygens (including phenoxy) is 1. The van der Waals surface area contributed by atoms with Crippen LogP contribution < -0.4 is 0 Å². The van der Waals surface area contributed by atoms with Gasteiger partial charge in [0.25, 0.3) is 0 Å². The SMILES string of the molecule is CCCCC/C=C\C/C=C\C/C=C\C=C\c1cc(CC(=O)OC)no1. The molecule has 0 aliphatic heterocycles. The third-order valence-corrected chi connectivity index (χ3v) is 3.49. The van der Waals surface area contributed by atoms with E-state index in [2.05, 4.69) is 47.2 Å². The summed E-state index contributed by atoms with van der Waals surface area (Å²) >= 11 is 0. The highest BCUT2D eigenvalue weighted by Gasteiger charge is 2.07. The number of carbonyl (C=O) groups is 1. The van der Waals surface area contributed by atoms with E-state index in [-0.39, 0.29) is 12.4 Å². The molecule has 0 saturated heterocycles. The second-order valence-corrected chi connectivity index (χ2v) is 5.67. The van der Waals surface area contributed by atoms with E-state index in [0.29, 0.717) is 11.5 Å². The topological polar surface area (TPSA) is 52.3 Å². The summed E-state index contributed by atoms with van der Waals surface area (Å²) in [6, 6.07) is 1.73. The fourth-order valence-corrected chi connectivity index (χ4v) is 2.09. The van der Waals surface area contributed by atoms with Crippen LogP contribution in [-0.2, 0) is 16.0 Å². The van der Waals surface area contributed by atoms with Crippen molar-refractivity contribution < 1.29 is 14.1 Å². The summed E-state index contributed by atoms with van der Waals surface area (Å²) in [5.74, 6) is 0.290. The molecule has 0 fully saturated rings. The zero-order valence-corrected chi connectivity index (χ0v) is 15.3. The molecular weight excluding hydrogens is 314 g/mol. The lowest BCUT2D eigenvalue weighted by Gasteiger charge is -1.91. The van der Waals surface area contributed by atoms with Crippen LogP contribution in [-0.4, -0.2) is 18.2 Å². The average Bonchev–Trinajstić information content (AvgIpc) is 3.06. The van der Waals surface area contributed by atoms with Crippen LogP contribution in [0.15, 0.2) is 53.1 Å². The summed E-state index contributed by atoms with van der Waals surface area (Å²) in [4.78, 5) is 11.1. The van der Waals surface area contributed by atoms with Gasteiger partial charge in [-0.05, 0) is 31.8 Å². The van der Waals surface area contributed by atoms with Gasteiger partial charge in [0, 0.05) is 6.07 Å². The molecule has 1 rings (SSSR count). The molecule has 0 aliphatic rings. The Hall–Kier alpha value is -2.36. The molecule has 1 aromatic heterocycles. The van der Waals surface area contributed by atoms with Crippen molar-refractivity contribution in [2.24, 2.45) is 0 Å². The standard InChI is InChI=1S/C21H29NO3/c1-3-4-5-6-7-8-9-10-11-12-13-14-15-16-20-17-19(22-25-20)18-21(23)24-2/h7-8,10-11,13-17H,3-6,9,12,18H2,1-2H3/b8-7-,11-10-,14-13-,16-15+. The summed E-state index contributed by atoms with van der Waals surface area (Å²) in [7, 11) is 1.35. The summed E-state index contributed by atoms with van der Waals surface area (Å²) < 4.78 is 9.70. The van der Waals surface area contributed by atoms with Crippen LogP contribution in [0.5, 0.6) is 0 Å². The average molecular weight is 343 g/mol. The van der Waals surface area contributed by atoms with Crippen LogP contribution in [0.2, 0.25) is 0 Å². The summed E-state index contributed by atoms with van der Waals surface area (Å²) in [5, 5.41) is 3.82. The molecular formula is C21H29NO3. The van der Waals surface area contributed by atoms with Crippen LogP contribution in [0.1, 0.15) is 56.9 Å². The number of unbranched alkanes of at least 4 members (excludes halogenated alkanes) is 3. The highest BCUT2D eigenvalue weighted by atomic mass is 16.5. The van der Waals surface area contributed by atoms with Gasteiger partial charge in [0.15, 0.2) is 5.76 Å². The Morgan fingerprint density at radius 3 is 2.64 bits per heavy atom. The normalized spacial score (nSPS) is 12.2. The third kappa shape index (κ3) is 10.9. The smallest absolute Gasteiger partial charge is 0.311 e. The number of hydrogen-bond donors (Lipinski definition) is 0. The second-order valence-electron chi connectivity index (χ2n) is 5.67. The molecule has 0 aliphatic carbocycles. The molecule has 1 aromatic rings. The van der Waals surface area contributed by atoms with Crippen LogP contribution in [0.3, 0.4) is 0 Å². The van der Waals surface area contributed by atoms with Crippen molar-refractivity contribution in [3.05, 3.63) is 60.1 Å². The highest BCUT2D eigenvalue weighted by Crippen LogP contribution is 2.07. The Morgan fingerprint density at radius 2 is 1.88 bits per heavy atom. The minimum absolute atomic E-state index is 0.127. The van der Waals surface area contributed by atoms with Gasteiger partial charge < -0.3 is 9.26 Å². The van der Waals surface area contributed by atoms with Crippen molar-refractivity contribution in [3.63, 3.8) is 0 Å². The number of hydrogen-bond acceptors (Lipinski definition) is 4. The molecule has 0 radical (unpaired) electrons. The first-order valence-corrected chi connectivity index (χ1v) is 8.91. The molecule has 1 heterocycles. The maximum absolute atomic E-state index is 11.1. The number of methoxy groups -OCH3 is 1. The number of carbonyl (C=O) groups excluding carboxylic acids is 1. The number of allylic oxidation sites excluding steroid dienone is 7. The van der Waals surface area contributed by atoms with Crippen LogP contribution >= 0.6 is 0 Å². The number of rotatable bonds is 12. The first-order chi connectivity index (χ1) is 12.3. The minimum Gasteiger partial charge on any atom is -0.469 e. The van der Waals surface area contributed by atoms with E-state index >= 15 is 0 Å². The summed E-state index contributed by atoms with van der Waals surface area (Å²) in [5.41, 5.74) is 0.571. The van der Waals surface area contributed by atoms with Crippen molar-refractivity contribution in [2.75, 3.05) is 7.11 Å². The molecule has 0 spiro atoms. The molecule has 0 aromatic carbocycles. The number of nitrogens with zero attached hydrogens (tertiary/aromatic N) is 1. The number of aromatic nitrogens is 1. The van der Waals surface area contributed by atoms with Gasteiger partial charge in [0.2, 0.25) is 0 Å². The lowest BCUT2D eigenvalue weighted by molar-refractivity contribution is -0.139. The Balaban J connectivity index is 2.17. The monoisotopic (exact) mass is 343 g/mol. The molecule has 0 amide bonds. The van der Waals surface area contributed by atoms with Gasteiger partial charge in [0.05, 0.1) is 19.2 Å². The third-order valence-electron chi connectivity index (χ3n) is 3.49. The molecule has 0 bridgehead atoms. The molecule has 25 heavy (non-hydrogen) atoms. The van der Waals surface area contributed by atoms with E-state index in [4.69, 9.17) is 4.52 Å². The molecule has 4 nitrogen and oxygen atoms in total. The summed E-state index contributed by atoms with van der Waals surface area (Å²) in [6.45, 7) is 2.23. The molecule has 0 saturated carbocycles. The predicted molar refractivity (Wildman–Crippen MR) is 102 cm³/mol. The molecule has 4 heteroatoms. The van der Waals surface area contributed by atoms with Crippen molar-refractivity contribution in [3.8, 4) is 0 Å². The molecule has 0 N–H and O–H groups in total. The van der Waals surface area contributed by atoms with E-state index in [1.54, 1.807) is 6.07 Å². The Morgan fingerprint density at radius 1 is 1.12 bits per heavy atom. The van der Waals surface area contributed by atoms with E-state index < -0.39 is 0 Å². The van der Waals surface area contributed by atoms with E-state index in [1.165, 1.54) is 32.8 Å². The maximum atomic E-state index is 11.1. The van der Waals surface area contributed by atoms with E-state index in [9.17, 15) is 4.79 Å². The first-order valence-electron chi connectivity index (χ1n) is 8.91. The van der Waals surface area contributed by atoms with Gasteiger partial charge in [0.1, 0.15) is 0 Å². The quantitative estimate of drug-likeness (QED) is 0.220. The van der Waals surface area contributed by atoms with Gasteiger partial charge in [-0.25, -0.2) is 0 Å². The Labute approximate surface area is 150 Å². The fourth-order valence-electron chi connectivity index (χ4n) is 2.09. The molecule has 0 unspecified atom stereocenters. The lowest BCUT2D eigenvalue weighted by Crippen LogP contribution is -2.04. The Bertz CT molecular complexity index is 594. The largest absolute Gasteiger partial charge is 0.469 e. The fraction of sp³-hybridized carbons (Fsp3) is 0.429. The van der Waals surface area contributed by atoms with Crippen LogP contribution in [0.4, 0.5) is 0 Å². The first kappa shape index (κ1) is 20.7. The van der Waals surface area contributed by atoms with Gasteiger partial charge in [-0.1, -0.05) is 67.5 Å². The van der Waals surface area contributed by atoms with Crippen molar-refractivity contribution in [1.82, 2.24) is 5.16 Å².